The third kappa shape index (κ3) is 5.01. The Morgan fingerprint density at radius 1 is 1.14 bits per heavy atom. The number of benzene rings is 1. The Kier molecular flexibility index (Phi) is 7.71. The minimum absolute atomic E-state index is 0.0184. The number of fused-ring (bicyclic) bond motifs is 5. The molecule has 0 spiro atoms. The Labute approximate surface area is 253 Å². The van der Waals surface area contributed by atoms with Crippen LogP contribution in [0.4, 0.5) is 14.6 Å². The van der Waals surface area contributed by atoms with Gasteiger partial charge in [0.2, 0.25) is 5.91 Å². The van der Waals surface area contributed by atoms with Crippen LogP contribution in [-0.2, 0) is 17.8 Å². The fourth-order valence-corrected chi connectivity index (χ4v) is 6.08. The lowest BCUT2D eigenvalue weighted by atomic mass is 10.0. The van der Waals surface area contributed by atoms with Crippen molar-refractivity contribution in [2.24, 2.45) is 0 Å². The van der Waals surface area contributed by atoms with Crippen molar-refractivity contribution in [1.82, 2.24) is 29.7 Å². The van der Waals surface area contributed by atoms with Crippen LogP contribution < -0.4 is 15.9 Å². The number of pyridine rings is 2. The maximum absolute atomic E-state index is 16.2. The zero-order chi connectivity index (χ0) is 31.1. The highest BCUT2D eigenvalue weighted by molar-refractivity contribution is 5.91. The van der Waals surface area contributed by atoms with Crippen LogP contribution in [-0.4, -0.2) is 56.0 Å². The average Bonchev–Trinajstić information content (AvgIpc) is 3.01. The number of rotatable bonds is 3. The topological polar surface area (TPSA) is 96.3 Å². The molecule has 0 saturated carbocycles. The lowest BCUT2D eigenvalue weighted by molar-refractivity contribution is -0.126. The molecule has 0 aliphatic carbocycles. The van der Waals surface area contributed by atoms with Crippen molar-refractivity contribution in [3.05, 3.63) is 100 Å². The molecule has 1 N–H and O–H groups in total. The van der Waals surface area contributed by atoms with Crippen LogP contribution in [0.2, 0.25) is 0 Å². The van der Waals surface area contributed by atoms with Crippen LogP contribution in [0.25, 0.3) is 28.0 Å². The molecule has 226 valence electrons. The number of aromatic nitrogens is 4. The van der Waals surface area contributed by atoms with E-state index in [1.54, 1.807) is 29.4 Å². The molecule has 5 heterocycles. The lowest BCUT2D eigenvalue weighted by Gasteiger charge is -2.40. The van der Waals surface area contributed by atoms with Crippen molar-refractivity contribution >= 4 is 22.8 Å². The van der Waals surface area contributed by atoms with E-state index in [1.807, 2.05) is 37.8 Å². The predicted molar refractivity (Wildman–Crippen MR) is 166 cm³/mol. The van der Waals surface area contributed by atoms with Crippen LogP contribution in [0.1, 0.15) is 43.5 Å². The normalized spacial score (nSPS) is 17.3. The highest BCUT2D eigenvalue weighted by atomic mass is 19.1. The first kappa shape index (κ1) is 29.2. The molecule has 9 nitrogen and oxygen atoms in total. The van der Waals surface area contributed by atoms with Gasteiger partial charge in [-0.25, -0.2) is 23.1 Å². The maximum Gasteiger partial charge on any atom is 0.355 e. The van der Waals surface area contributed by atoms with E-state index in [2.05, 4.69) is 21.9 Å². The summed E-state index contributed by atoms with van der Waals surface area (Å²) in [5.41, 5.74) is 1.85. The molecule has 44 heavy (non-hydrogen) atoms. The predicted octanol–water partition coefficient (Wildman–Crippen LogP) is 4.63. The van der Waals surface area contributed by atoms with Crippen LogP contribution in [0, 0.1) is 11.6 Å². The summed E-state index contributed by atoms with van der Waals surface area (Å²) in [4.78, 5) is 44.0. The van der Waals surface area contributed by atoms with Crippen LogP contribution in [0.15, 0.2) is 66.3 Å². The lowest BCUT2D eigenvalue weighted by Crippen LogP contribution is -2.54. The first-order valence-corrected chi connectivity index (χ1v) is 14.6. The molecule has 1 atom stereocenters. The number of nitrogens with zero attached hydrogens (tertiary/aromatic N) is 6. The number of carbonyl (C=O) groups excluding carboxylic acids is 1. The van der Waals surface area contributed by atoms with E-state index in [-0.39, 0.29) is 47.1 Å². The van der Waals surface area contributed by atoms with E-state index in [0.29, 0.717) is 48.4 Å². The fourth-order valence-electron chi connectivity index (χ4n) is 6.08. The van der Waals surface area contributed by atoms with Gasteiger partial charge >= 0.3 is 5.69 Å². The number of halogens is 2. The van der Waals surface area contributed by atoms with Gasteiger partial charge in [0.05, 0.1) is 16.8 Å². The molecule has 2 aliphatic rings. The van der Waals surface area contributed by atoms with Crippen LogP contribution in [0.5, 0.6) is 0 Å². The molecule has 1 fully saturated rings. The van der Waals surface area contributed by atoms with Gasteiger partial charge in [0.25, 0.3) is 0 Å². The monoisotopic (exact) mass is 597 g/mol. The highest BCUT2D eigenvalue weighted by Gasteiger charge is 2.31. The largest absolute Gasteiger partial charge is 0.387 e. The Bertz CT molecular complexity index is 1880. The SMILES string of the molecule is C=CC(=O)N1CCN(c2nc(=O)n3c4nc(c(F)cc24)-c2c(F)cccc2CN/C=C/Cc2ccnc(C(C)C)c2-3)[C@@H](C)C1. The summed E-state index contributed by atoms with van der Waals surface area (Å²) in [5, 5.41) is 3.47. The number of anilines is 1. The van der Waals surface area contributed by atoms with Gasteiger partial charge in [-0.15, -0.1) is 0 Å². The standard InChI is InChI=1S/C33H33F2N7O2/c1-5-26(43)40-14-15-41(20(4)18-40)31-23-16-25(35)29-27-22(8-6-10-24(27)34)17-36-12-7-9-21-11-13-37-28(19(2)3)30(21)42(32(23)38-29)33(44)39-31/h5-8,10-13,16,19-20,36H,1,9,14-15,17-18H2,2-4H3/b12-7+/t20-/m0/s1. The smallest absolute Gasteiger partial charge is 0.355 e. The third-order valence-corrected chi connectivity index (χ3v) is 8.20. The highest BCUT2D eigenvalue weighted by Crippen LogP contribution is 2.35. The summed E-state index contributed by atoms with van der Waals surface area (Å²) in [7, 11) is 0. The van der Waals surface area contributed by atoms with Crippen molar-refractivity contribution in [3.8, 4) is 16.9 Å². The third-order valence-electron chi connectivity index (χ3n) is 8.20. The van der Waals surface area contributed by atoms with Crippen molar-refractivity contribution in [2.75, 3.05) is 24.5 Å². The van der Waals surface area contributed by atoms with E-state index in [1.165, 1.54) is 22.8 Å². The van der Waals surface area contributed by atoms with Gasteiger partial charge in [0, 0.05) is 44.0 Å². The molecule has 2 bridgehead atoms. The number of carbonyl (C=O) groups is 1. The summed E-state index contributed by atoms with van der Waals surface area (Å²) in [6, 6.07) is 7.44. The van der Waals surface area contributed by atoms with Crippen molar-refractivity contribution in [1.29, 1.82) is 0 Å². The fraction of sp³-hybridized carbons (Fsp3) is 0.303. The molecule has 3 aromatic heterocycles. The van der Waals surface area contributed by atoms with Gasteiger partial charge in [-0.3, -0.25) is 9.78 Å². The molecule has 2 aliphatic heterocycles. The van der Waals surface area contributed by atoms with Crippen molar-refractivity contribution in [3.63, 3.8) is 0 Å². The molecule has 4 aromatic rings. The van der Waals surface area contributed by atoms with Crippen molar-refractivity contribution in [2.45, 2.75) is 45.7 Å². The molecule has 0 radical (unpaired) electrons. The van der Waals surface area contributed by atoms with E-state index in [4.69, 9.17) is 4.98 Å². The number of piperazine rings is 1. The average molecular weight is 598 g/mol. The number of nitrogens with one attached hydrogen (secondary N) is 1. The molecule has 0 unspecified atom stereocenters. The number of hydrogen-bond acceptors (Lipinski definition) is 7. The Morgan fingerprint density at radius 2 is 1.95 bits per heavy atom. The van der Waals surface area contributed by atoms with E-state index < -0.39 is 17.3 Å². The van der Waals surface area contributed by atoms with Crippen LogP contribution in [0.3, 0.4) is 0 Å². The molecule has 6 rings (SSSR count). The van der Waals surface area contributed by atoms with Gasteiger partial charge in [0.15, 0.2) is 5.65 Å². The molecule has 1 amide bonds. The number of amides is 1. The minimum atomic E-state index is -0.744. The Morgan fingerprint density at radius 3 is 2.70 bits per heavy atom. The number of hydrogen-bond donors (Lipinski definition) is 1. The quantitative estimate of drug-likeness (QED) is 0.344. The van der Waals surface area contributed by atoms with Gasteiger partial charge in [0.1, 0.15) is 23.1 Å². The first-order chi connectivity index (χ1) is 21.2. The second kappa shape index (κ2) is 11.6. The summed E-state index contributed by atoms with van der Waals surface area (Å²) in [5.74, 6) is -1.37. The zero-order valence-electron chi connectivity index (χ0n) is 24.8. The zero-order valence-corrected chi connectivity index (χ0v) is 24.8. The molecule has 1 saturated heterocycles. The van der Waals surface area contributed by atoms with E-state index in [0.717, 1.165) is 5.56 Å². The summed E-state index contributed by atoms with van der Waals surface area (Å²) >= 11 is 0. The second-order valence-electron chi connectivity index (χ2n) is 11.4. The summed E-state index contributed by atoms with van der Waals surface area (Å²) in [6.07, 6.45) is 7.12. The van der Waals surface area contributed by atoms with Gasteiger partial charge in [-0.1, -0.05) is 38.6 Å². The Hall–Kier alpha value is -4.93. The Balaban J connectivity index is 1.69. The summed E-state index contributed by atoms with van der Waals surface area (Å²) in [6.45, 7) is 10.8. The molecular formula is C33H33F2N7O2. The van der Waals surface area contributed by atoms with Crippen LogP contribution >= 0.6 is 0 Å². The van der Waals surface area contributed by atoms with E-state index >= 15 is 8.78 Å². The van der Waals surface area contributed by atoms with Gasteiger partial charge in [-0.2, -0.15) is 4.98 Å². The minimum Gasteiger partial charge on any atom is -0.387 e. The van der Waals surface area contributed by atoms with E-state index in [9.17, 15) is 9.59 Å². The number of allylic oxidation sites excluding steroid dienone is 1. The second-order valence-corrected chi connectivity index (χ2v) is 11.4. The molecule has 1 aromatic carbocycles. The summed E-state index contributed by atoms with van der Waals surface area (Å²) < 4.78 is 33.1. The maximum atomic E-state index is 16.2. The first-order valence-electron chi connectivity index (χ1n) is 14.6. The van der Waals surface area contributed by atoms with Gasteiger partial charge < -0.3 is 15.1 Å². The molecular weight excluding hydrogens is 564 g/mol. The molecule has 11 heteroatoms. The van der Waals surface area contributed by atoms with Crippen molar-refractivity contribution < 1.29 is 13.6 Å². The van der Waals surface area contributed by atoms with Gasteiger partial charge in [-0.05, 0) is 60.9 Å².